The van der Waals surface area contributed by atoms with E-state index < -0.39 is 0 Å². The van der Waals surface area contributed by atoms with Gasteiger partial charge in [0.1, 0.15) is 18.0 Å². The summed E-state index contributed by atoms with van der Waals surface area (Å²) >= 11 is 0. The lowest BCUT2D eigenvalue weighted by molar-refractivity contribution is 0.464. The highest BCUT2D eigenvalue weighted by Crippen LogP contribution is 2.26. The first-order valence-electron chi connectivity index (χ1n) is 3.17. The van der Waals surface area contributed by atoms with Gasteiger partial charge in [-0.2, -0.15) is 0 Å². The molecule has 0 unspecified atom stereocenters. The van der Waals surface area contributed by atoms with Crippen molar-refractivity contribution in [2.24, 2.45) is 0 Å². The van der Waals surface area contributed by atoms with E-state index in [1.807, 2.05) is 0 Å². The lowest BCUT2D eigenvalue weighted by Crippen LogP contribution is -1.82. The molecule has 2 rings (SSSR count). The largest absolute Gasteiger partial charge is 0.504 e. The molecule has 0 saturated heterocycles. The van der Waals surface area contributed by atoms with Crippen molar-refractivity contribution >= 4 is 11.1 Å². The molecule has 2 aromatic heterocycles. The van der Waals surface area contributed by atoms with Crippen LogP contribution in [0.5, 0.6) is 5.75 Å². The standard InChI is InChI=1S/C7H6N2O2/c1-4-6-5(10)2-11-7(6)9-3-8-4/h2-3,10H,1H3. The third-order valence-electron chi connectivity index (χ3n) is 1.54. The number of hydrogen-bond acceptors (Lipinski definition) is 4. The maximum atomic E-state index is 9.22. The number of aryl methyl sites for hydroxylation is 1. The highest BCUT2D eigenvalue weighted by molar-refractivity contribution is 5.82. The van der Waals surface area contributed by atoms with Crippen LogP contribution < -0.4 is 0 Å². The molecule has 0 aliphatic heterocycles. The molecule has 0 spiro atoms. The van der Waals surface area contributed by atoms with Crippen LogP contribution in [0.4, 0.5) is 0 Å². The van der Waals surface area contributed by atoms with Gasteiger partial charge in [-0.05, 0) is 6.92 Å². The van der Waals surface area contributed by atoms with Gasteiger partial charge in [0.15, 0.2) is 5.75 Å². The Bertz CT molecular complexity index is 394. The summed E-state index contributed by atoms with van der Waals surface area (Å²) < 4.78 is 4.93. The van der Waals surface area contributed by atoms with E-state index in [2.05, 4.69) is 9.97 Å². The van der Waals surface area contributed by atoms with Gasteiger partial charge >= 0.3 is 0 Å². The van der Waals surface area contributed by atoms with E-state index >= 15 is 0 Å². The second-order valence-electron chi connectivity index (χ2n) is 2.26. The van der Waals surface area contributed by atoms with Crippen molar-refractivity contribution in [3.05, 3.63) is 18.3 Å². The predicted octanol–water partition coefficient (Wildman–Crippen LogP) is 1.24. The second-order valence-corrected chi connectivity index (χ2v) is 2.26. The molecule has 1 N–H and O–H groups in total. The quantitative estimate of drug-likeness (QED) is 0.613. The number of aromatic nitrogens is 2. The summed E-state index contributed by atoms with van der Waals surface area (Å²) in [5.41, 5.74) is 1.15. The smallest absolute Gasteiger partial charge is 0.233 e. The minimum atomic E-state index is 0.0955. The molecule has 0 aliphatic rings. The SMILES string of the molecule is Cc1ncnc2occ(O)c12. The molecule has 2 aromatic rings. The Kier molecular flexibility index (Phi) is 1.09. The fourth-order valence-electron chi connectivity index (χ4n) is 1.01. The molecular weight excluding hydrogens is 144 g/mol. The van der Waals surface area contributed by atoms with Crippen LogP contribution in [-0.2, 0) is 0 Å². The average Bonchev–Trinajstić information content (AvgIpc) is 2.34. The first-order valence-corrected chi connectivity index (χ1v) is 3.17. The summed E-state index contributed by atoms with van der Waals surface area (Å²) in [7, 11) is 0. The molecular formula is C7H6N2O2. The van der Waals surface area contributed by atoms with Gasteiger partial charge in [0.2, 0.25) is 5.71 Å². The summed E-state index contributed by atoms with van der Waals surface area (Å²) in [6.07, 6.45) is 2.66. The van der Waals surface area contributed by atoms with E-state index in [1.54, 1.807) is 6.92 Å². The van der Waals surface area contributed by atoms with Crippen molar-refractivity contribution in [1.29, 1.82) is 0 Å². The maximum Gasteiger partial charge on any atom is 0.233 e. The number of nitrogens with zero attached hydrogens (tertiary/aromatic N) is 2. The van der Waals surface area contributed by atoms with Crippen LogP contribution in [0.25, 0.3) is 11.1 Å². The molecule has 56 valence electrons. The number of rotatable bonds is 0. The number of furan rings is 1. The third-order valence-corrected chi connectivity index (χ3v) is 1.54. The first kappa shape index (κ1) is 6.15. The van der Waals surface area contributed by atoms with Crippen molar-refractivity contribution in [3.63, 3.8) is 0 Å². The van der Waals surface area contributed by atoms with Gasteiger partial charge in [-0.25, -0.2) is 9.97 Å². The van der Waals surface area contributed by atoms with E-state index in [4.69, 9.17) is 4.42 Å². The molecule has 0 amide bonds. The van der Waals surface area contributed by atoms with Crippen LogP contribution in [0.15, 0.2) is 17.0 Å². The van der Waals surface area contributed by atoms with Gasteiger partial charge in [-0.3, -0.25) is 0 Å². The molecule has 11 heavy (non-hydrogen) atoms. The fraction of sp³-hybridized carbons (Fsp3) is 0.143. The lowest BCUT2D eigenvalue weighted by atomic mass is 10.3. The van der Waals surface area contributed by atoms with E-state index in [1.165, 1.54) is 12.6 Å². The van der Waals surface area contributed by atoms with Crippen molar-refractivity contribution < 1.29 is 9.52 Å². The Morgan fingerprint density at radius 2 is 2.27 bits per heavy atom. The van der Waals surface area contributed by atoms with Gasteiger partial charge in [-0.1, -0.05) is 0 Å². The van der Waals surface area contributed by atoms with Crippen molar-refractivity contribution in [2.45, 2.75) is 6.92 Å². The summed E-state index contributed by atoms with van der Waals surface area (Å²) in [4.78, 5) is 7.73. The first-order chi connectivity index (χ1) is 5.29. The Morgan fingerprint density at radius 1 is 1.45 bits per heavy atom. The van der Waals surface area contributed by atoms with Gasteiger partial charge in [0.25, 0.3) is 0 Å². The van der Waals surface area contributed by atoms with Crippen LogP contribution >= 0.6 is 0 Å². The Labute approximate surface area is 62.5 Å². The summed E-state index contributed by atoms with van der Waals surface area (Å²) in [6, 6.07) is 0. The van der Waals surface area contributed by atoms with Crippen LogP contribution in [0.3, 0.4) is 0 Å². The summed E-state index contributed by atoms with van der Waals surface area (Å²) in [5.74, 6) is 0.0955. The molecule has 0 aromatic carbocycles. The van der Waals surface area contributed by atoms with Gasteiger partial charge in [0.05, 0.1) is 5.69 Å². The highest BCUT2D eigenvalue weighted by Gasteiger charge is 2.07. The number of fused-ring (bicyclic) bond motifs is 1. The van der Waals surface area contributed by atoms with E-state index in [0.29, 0.717) is 11.1 Å². The number of aromatic hydroxyl groups is 1. The minimum absolute atomic E-state index is 0.0955. The Morgan fingerprint density at radius 3 is 3.00 bits per heavy atom. The molecule has 0 fully saturated rings. The van der Waals surface area contributed by atoms with E-state index in [-0.39, 0.29) is 5.75 Å². The van der Waals surface area contributed by atoms with Crippen LogP contribution in [0.1, 0.15) is 5.69 Å². The predicted molar refractivity (Wildman–Crippen MR) is 38.2 cm³/mol. The zero-order chi connectivity index (χ0) is 7.84. The zero-order valence-electron chi connectivity index (χ0n) is 5.90. The van der Waals surface area contributed by atoms with Crippen molar-refractivity contribution in [3.8, 4) is 5.75 Å². The maximum absolute atomic E-state index is 9.22. The number of hydrogen-bond donors (Lipinski definition) is 1. The lowest BCUT2D eigenvalue weighted by Gasteiger charge is -1.90. The second kappa shape index (κ2) is 1.95. The molecule has 0 atom stereocenters. The molecule has 0 bridgehead atoms. The van der Waals surface area contributed by atoms with Crippen LogP contribution in [-0.4, -0.2) is 15.1 Å². The van der Waals surface area contributed by atoms with Crippen LogP contribution in [0.2, 0.25) is 0 Å². The molecule has 0 radical (unpaired) electrons. The Balaban J connectivity index is 2.96. The molecule has 4 heteroatoms. The monoisotopic (exact) mass is 150 g/mol. The van der Waals surface area contributed by atoms with Crippen LogP contribution in [0, 0.1) is 6.92 Å². The Hall–Kier alpha value is -1.58. The molecule has 4 nitrogen and oxygen atoms in total. The minimum Gasteiger partial charge on any atom is -0.504 e. The third kappa shape index (κ3) is 0.756. The summed E-state index contributed by atoms with van der Waals surface area (Å²) in [5, 5.41) is 9.81. The average molecular weight is 150 g/mol. The van der Waals surface area contributed by atoms with E-state index in [0.717, 1.165) is 5.69 Å². The van der Waals surface area contributed by atoms with Gasteiger partial charge in [-0.15, -0.1) is 0 Å². The van der Waals surface area contributed by atoms with Crippen molar-refractivity contribution in [1.82, 2.24) is 9.97 Å². The fourth-order valence-corrected chi connectivity index (χ4v) is 1.01. The zero-order valence-corrected chi connectivity index (χ0v) is 5.90. The summed E-state index contributed by atoms with van der Waals surface area (Å²) in [6.45, 7) is 1.79. The highest BCUT2D eigenvalue weighted by atomic mass is 16.4. The molecule has 2 heterocycles. The molecule has 0 aliphatic carbocycles. The normalized spacial score (nSPS) is 10.6. The van der Waals surface area contributed by atoms with Crippen molar-refractivity contribution in [2.75, 3.05) is 0 Å². The van der Waals surface area contributed by atoms with E-state index in [9.17, 15) is 5.11 Å². The van der Waals surface area contributed by atoms with Gasteiger partial charge < -0.3 is 9.52 Å². The topological polar surface area (TPSA) is 59.2 Å². The van der Waals surface area contributed by atoms with Gasteiger partial charge in [0, 0.05) is 0 Å². The molecule has 0 saturated carbocycles.